The van der Waals surface area contributed by atoms with E-state index in [9.17, 15) is 0 Å². The van der Waals surface area contributed by atoms with Crippen molar-refractivity contribution in [2.45, 2.75) is 62.8 Å². The van der Waals surface area contributed by atoms with E-state index in [0.29, 0.717) is 6.61 Å². The Morgan fingerprint density at radius 1 is 0.486 bits per heavy atom. The monoisotopic (exact) mass is 891 g/mol. The van der Waals surface area contributed by atoms with Gasteiger partial charge in [0.1, 0.15) is 4.87 Å². The van der Waals surface area contributed by atoms with E-state index in [1.165, 1.54) is 0 Å². The Balaban J connectivity index is 3.68. The highest BCUT2D eigenvalue weighted by Crippen LogP contribution is 2.74. The number of epoxide rings is 1. The Kier molecular flexibility index (Phi) is 12.9. The summed E-state index contributed by atoms with van der Waals surface area (Å²) >= 11 is 126. The number of alkyl halides is 20. The normalized spacial score (nSPS) is 21.7. The first kappa shape index (κ1) is 38.8. The highest BCUT2D eigenvalue weighted by molar-refractivity contribution is 6.81. The lowest BCUT2D eigenvalue weighted by Crippen LogP contribution is -2.73. The molecule has 1 saturated heterocycles. The third kappa shape index (κ3) is 6.31. The van der Waals surface area contributed by atoms with Crippen LogP contribution >= 0.6 is 232 Å². The molecule has 210 valence electrons. The number of halogens is 20. The standard InChI is InChI=1S/C14H8Cl20O/c1-5(15,14(32,33)34)7(18,19)9(22,23)11(26,27)13(30,31)12(28,29)10(24,25)8(20,21)6(16,17)2-4-3-35-4/h4H,2-3H2,1H3. The molecule has 1 aliphatic heterocycles. The van der Waals surface area contributed by atoms with Gasteiger partial charge < -0.3 is 4.74 Å². The van der Waals surface area contributed by atoms with Gasteiger partial charge in [0.05, 0.1) is 12.7 Å². The number of ether oxygens (including phenoxy) is 1. The second-order valence-electron chi connectivity index (χ2n) is 7.39. The first-order chi connectivity index (χ1) is 14.8. The van der Waals surface area contributed by atoms with E-state index < -0.39 is 49.4 Å². The molecule has 2 unspecified atom stereocenters. The minimum Gasteiger partial charge on any atom is -0.373 e. The average Bonchev–Trinajstić information content (AvgIpc) is 3.42. The lowest BCUT2D eigenvalue weighted by atomic mass is 9.96. The maximum Gasteiger partial charge on any atom is 0.212 e. The number of hydrogen-bond donors (Lipinski definition) is 0. The van der Waals surface area contributed by atoms with Gasteiger partial charge in [-0.05, 0) is 6.92 Å². The molecule has 35 heavy (non-hydrogen) atoms. The second kappa shape index (κ2) is 11.6. The SMILES string of the molecule is CC(Cl)(C(Cl)(Cl)Cl)C(Cl)(Cl)C(Cl)(Cl)C(Cl)(Cl)C(Cl)(Cl)C(Cl)(Cl)C(Cl)(Cl)C(Cl)(Cl)C(Cl)(Cl)CC1CO1. The molecule has 0 aliphatic carbocycles. The van der Waals surface area contributed by atoms with Crippen LogP contribution in [0.25, 0.3) is 0 Å². The fourth-order valence-corrected chi connectivity index (χ4v) is 9.00. The van der Waals surface area contributed by atoms with E-state index in [4.69, 9.17) is 237 Å². The topological polar surface area (TPSA) is 12.5 Å². The van der Waals surface area contributed by atoms with Crippen molar-refractivity contribution in [3.8, 4) is 0 Å². The fourth-order valence-electron chi connectivity index (χ4n) is 2.29. The summed E-state index contributed by atoms with van der Waals surface area (Å²) in [5.41, 5.74) is 0. The summed E-state index contributed by atoms with van der Waals surface area (Å²) < 4.78 is -20.2. The molecule has 0 radical (unpaired) electrons. The third-order valence-corrected chi connectivity index (χ3v) is 18.8. The molecule has 0 N–H and O–H groups in total. The van der Waals surface area contributed by atoms with Crippen LogP contribution < -0.4 is 0 Å². The summed E-state index contributed by atoms with van der Waals surface area (Å²) in [5, 5.41) is 0. The lowest BCUT2D eigenvalue weighted by molar-refractivity contribution is 0.366. The molecule has 1 fully saturated rings. The molecule has 0 spiro atoms. The number of hydrogen-bond acceptors (Lipinski definition) is 1. The molecule has 2 atom stereocenters. The summed E-state index contributed by atoms with van der Waals surface area (Å²) in [4.78, 5) is -2.34. The van der Waals surface area contributed by atoms with Crippen LogP contribution in [0.3, 0.4) is 0 Å². The first-order valence-electron chi connectivity index (χ1n) is 8.22. The van der Waals surface area contributed by atoms with Crippen molar-refractivity contribution >= 4 is 232 Å². The van der Waals surface area contributed by atoms with Gasteiger partial charge >= 0.3 is 0 Å². The Labute approximate surface area is 302 Å². The van der Waals surface area contributed by atoms with Gasteiger partial charge in [-0.15, -0.1) is 11.6 Å². The van der Waals surface area contributed by atoms with Crippen molar-refractivity contribution in [2.24, 2.45) is 0 Å². The van der Waals surface area contributed by atoms with Gasteiger partial charge in [0.25, 0.3) is 0 Å². The largest absolute Gasteiger partial charge is 0.373 e. The highest BCUT2D eigenvalue weighted by atomic mass is 35.6. The summed E-state index contributed by atoms with van der Waals surface area (Å²) in [5.74, 6) is 0. The van der Waals surface area contributed by atoms with Crippen molar-refractivity contribution in [3.05, 3.63) is 0 Å². The van der Waals surface area contributed by atoms with Gasteiger partial charge in [-0.25, -0.2) is 0 Å². The first-order valence-corrected chi connectivity index (χ1v) is 15.8. The molecule has 0 aromatic rings. The molecule has 1 rings (SSSR count). The van der Waals surface area contributed by atoms with Crippen LogP contribution in [-0.2, 0) is 4.74 Å². The molecular weight excluding hydrogens is 893 g/mol. The fraction of sp³-hybridized carbons (Fsp3) is 1.00. The van der Waals surface area contributed by atoms with Gasteiger partial charge in [-0.3, -0.25) is 0 Å². The van der Waals surface area contributed by atoms with E-state index in [2.05, 4.69) is 0 Å². The summed E-state index contributed by atoms with van der Waals surface area (Å²) in [6.07, 6.45) is -0.619. The van der Waals surface area contributed by atoms with E-state index in [1.807, 2.05) is 0 Å². The van der Waals surface area contributed by atoms with Crippen molar-refractivity contribution < 1.29 is 4.74 Å². The van der Waals surface area contributed by atoms with Crippen molar-refractivity contribution in [3.63, 3.8) is 0 Å². The van der Waals surface area contributed by atoms with Crippen LogP contribution in [0.4, 0.5) is 0 Å². The average molecular weight is 901 g/mol. The van der Waals surface area contributed by atoms with Crippen molar-refractivity contribution in [1.82, 2.24) is 0 Å². The summed E-state index contributed by atoms with van der Waals surface area (Å²) in [6.45, 7) is 1.33. The molecular formula is C14H8Cl20O. The smallest absolute Gasteiger partial charge is 0.212 e. The molecule has 0 aromatic carbocycles. The summed E-state index contributed by atoms with van der Waals surface area (Å²) in [7, 11) is 0. The van der Waals surface area contributed by atoms with Crippen LogP contribution in [0.15, 0.2) is 0 Å². The maximum atomic E-state index is 6.45. The van der Waals surface area contributed by atoms with Crippen LogP contribution in [-0.4, -0.2) is 56.0 Å². The summed E-state index contributed by atoms with van der Waals surface area (Å²) in [6, 6.07) is 0. The Hall–Kier alpha value is 5.76. The molecule has 0 amide bonds. The zero-order chi connectivity index (χ0) is 28.7. The van der Waals surface area contributed by atoms with Gasteiger partial charge in [0.2, 0.25) is 3.79 Å². The molecule has 0 bridgehead atoms. The molecule has 0 aromatic heterocycles. The van der Waals surface area contributed by atoms with E-state index in [1.54, 1.807) is 0 Å². The van der Waals surface area contributed by atoms with Crippen molar-refractivity contribution in [2.75, 3.05) is 6.61 Å². The van der Waals surface area contributed by atoms with Gasteiger partial charge in [0, 0.05) is 6.42 Å². The van der Waals surface area contributed by atoms with Gasteiger partial charge in [-0.1, -0.05) is 220 Å². The predicted molar refractivity (Wildman–Crippen MR) is 164 cm³/mol. The van der Waals surface area contributed by atoms with Gasteiger partial charge in [-0.2, -0.15) is 0 Å². The predicted octanol–water partition coefficient (Wildman–Crippen LogP) is 12.5. The molecule has 1 nitrogen and oxygen atoms in total. The molecule has 21 heteroatoms. The molecule has 1 heterocycles. The minimum atomic E-state index is -3.11. The van der Waals surface area contributed by atoms with E-state index in [-0.39, 0.29) is 6.42 Å². The highest BCUT2D eigenvalue weighted by Gasteiger charge is 2.83. The second-order valence-corrected chi connectivity index (χ2v) is 21.2. The van der Waals surface area contributed by atoms with Crippen LogP contribution in [0.1, 0.15) is 13.3 Å². The minimum absolute atomic E-state index is 0.187. The number of rotatable bonds is 10. The van der Waals surface area contributed by atoms with Gasteiger partial charge in [0.15, 0.2) is 34.7 Å². The van der Waals surface area contributed by atoms with Crippen LogP contribution in [0, 0.1) is 0 Å². The van der Waals surface area contributed by atoms with Crippen molar-refractivity contribution in [1.29, 1.82) is 0 Å². The zero-order valence-electron chi connectivity index (χ0n) is 16.0. The van der Waals surface area contributed by atoms with Crippen LogP contribution in [0.5, 0.6) is 0 Å². The maximum absolute atomic E-state index is 6.45. The molecule has 1 aliphatic rings. The molecule has 0 saturated carbocycles. The Morgan fingerprint density at radius 3 is 1.00 bits per heavy atom. The Bertz CT molecular complexity index is 788. The quantitative estimate of drug-likeness (QED) is 0.157. The van der Waals surface area contributed by atoms with E-state index >= 15 is 0 Å². The zero-order valence-corrected chi connectivity index (χ0v) is 31.1. The Morgan fingerprint density at radius 2 is 0.743 bits per heavy atom. The third-order valence-electron chi connectivity index (χ3n) is 4.83. The van der Waals surface area contributed by atoms with Crippen LogP contribution in [0.2, 0.25) is 0 Å². The lowest BCUT2D eigenvalue weighted by Gasteiger charge is -2.56. The van der Waals surface area contributed by atoms with E-state index in [0.717, 1.165) is 6.92 Å².